The van der Waals surface area contributed by atoms with Crippen molar-refractivity contribution < 1.29 is 13.5 Å². The molecular weight excluding hydrogens is 288 g/mol. The van der Waals surface area contributed by atoms with Crippen molar-refractivity contribution in [3.8, 4) is 0 Å². The molecule has 0 aliphatic carbocycles. The Morgan fingerprint density at radius 3 is 2.76 bits per heavy atom. The van der Waals surface area contributed by atoms with Gasteiger partial charge in [-0.2, -0.15) is 0 Å². The molecule has 0 aromatic heterocycles. The lowest BCUT2D eigenvalue weighted by Crippen LogP contribution is -2.47. The van der Waals surface area contributed by atoms with Gasteiger partial charge in [0.15, 0.2) is 0 Å². The van der Waals surface area contributed by atoms with Crippen LogP contribution in [0.2, 0.25) is 0 Å². The van der Waals surface area contributed by atoms with E-state index in [1.54, 1.807) is 0 Å². The van der Waals surface area contributed by atoms with E-state index in [0.717, 1.165) is 32.5 Å². The van der Waals surface area contributed by atoms with E-state index in [1.165, 1.54) is 5.56 Å². The highest BCUT2D eigenvalue weighted by molar-refractivity contribution is 7.89. The molecule has 1 fully saturated rings. The van der Waals surface area contributed by atoms with Crippen molar-refractivity contribution in [2.24, 2.45) is 0 Å². The zero-order chi connectivity index (χ0) is 15.1. The minimum absolute atomic E-state index is 0.00130. The first-order valence-electron chi connectivity index (χ1n) is 7.46. The fraction of sp³-hybridized carbons (Fsp3) is 0.600. The largest absolute Gasteiger partial charge is 0.396 e. The molecule has 1 aliphatic rings. The molecule has 5 nitrogen and oxygen atoms in total. The van der Waals surface area contributed by atoms with Crippen molar-refractivity contribution >= 4 is 10.0 Å². The van der Waals surface area contributed by atoms with Gasteiger partial charge in [-0.3, -0.25) is 4.90 Å². The molecule has 1 aliphatic heterocycles. The average molecular weight is 312 g/mol. The second-order valence-corrected chi connectivity index (χ2v) is 7.45. The van der Waals surface area contributed by atoms with Crippen molar-refractivity contribution in [1.82, 2.24) is 9.62 Å². The average Bonchev–Trinajstić information content (AvgIpc) is 2.46. The molecule has 1 aromatic carbocycles. The molecule has 0 saturated carbocycles. The number of hydrogen-bond donors (Lipinski definition) is 2. The summed E-state index contributed by atoms with van der Waals surface area (Å²) in [6.45, 7) is 2.51. The summed E-state index contributed by atoms with van der Waals surface area (Å²) in [5, 5.41) is 8.74. The summed E-state index contributed by atoms with van der Waals surface area (Å²) in [6, 6.07) is 10.2. The normalized spacial score (nSPS) is 20.5. The molecule has 21 heavy (non-hydrogen) atoms. The maximum atomic E-state index is 11.9. The second-order valence-electron chi connectivity index (χ2n) is 5.57. The monoisotopic (exact) mass is 312 g/mol. The predicted molar refractivity (Wildman–Crippen MR) is 83.4 cm³/mol. The highest BCUT2D eigenvalue weighted by atomic mass is 32.2. The first-order valence-corrected chi connectivity index (χ1v) is 9.11. The van der Waals surface area contributed by atoms with E-state index in [0.29, 0.717) is 0 Å². The third kappa shape index (κ3) is 5.74. The number of aliphatic hydroxyl groups is 1. The molecule has 2 rings (SSSR count). The summed E-state index contributed by atoms with van der Waals surface area (Å²) >= 11 is 0. The van der Waals surface area contributed by atoms with Crippen LogP contribution in [-0.2, 0) is 16.6 Å². The summed E-state index contributed by atoms with van der Waals surface area (Å²) < 4.78 is 26.5. The second kappa shape index (κ2) is 7.89. The molecule has 0 amide bonds. The standard InChI is InChI=1S/C15H24N2O3S/c18-10-5-11-21(19,20)16-15-8-4-9-17(13-15)12-14-6-2-1-3-7-14/h1-3,6-7,15-16,18H,4-5,8-13H2. The molecule has 0 spiro atoms. The van der Waals surface area contributed by atoms with Crippen LogP contribution in [0.15, 0.2) is 30.3 Å². The van der Waals surface area contributed by atoms with Crippen molar-refractivity contribution in [2.75, 3.05) is 25.4 Å². The predicted octanol–water partition coefficient (Wildman–Crippen LogP) is 0.953. The Balaban J connectivity index is 1.86. The Morgan fingerprint density at radius 1 is 1.29 bits per heavy atom. The van der Waals surface area contributed by atoms with Crippen LogP contribution in [0.5, 0.6) is 0 Å². The van der Waals surface area contributed by atoms with Gasteiger partial charge in [0.25, 0.3) is 0 Å². The van der Waals surface area contributed by atoms with Crippen LogP contribution >= 0.6 is 0 Å². The molecule has 2 N–H and O–H groups in total. The zero-order valence-corrected chi connectivity index (χ0v) is 13.1. The molecule has 118 valence electrons. The summed E-state index contributed by atoms with van der Waals surface area (Å²) in [5.41, 5.74) is 1.25. The third-order valence-corrected chi connectivity index (χ3v) is 5.19. The molecule has 1 saturated heterocycles. The van der Waals surface area contributed by atoms with Crippen LogP contribution in [0.25, 0.3) is 0 Å². The van der Waals surface area contributed by atoms with Crippen LogP contribution in [0.4, 0.5) is 0 Å². The maximum Gasteiger partial charge on any atom is 0.211 e. The van der Waals surface area contributed by atoms with Crippen molar-refractivity contribution in [3.63, 3.8) is 0 Å². The van der Waals surface area contributed by atoms with Gasteiger partial charge in [0.1, 0.15) is 0 Å². The minimum Gasteiger partial charge on any atom is -0.396 e. The van der Waals surface area contributed by atoms with Crippen LogP contribution in [-0.4, -0.2) is 49.9 Å². The van der Waals surface area contributed by atoms with E-state index < -0.39 is 10.0 Å². The number of benzene rings is 1. The van der Waals surface area contributed by atoms with Gasteiger partial charge in [-0.05, 0) is 31.4 Å². The molecular formula is C15H24N2O3S. The fourth-order valence-corrected chi connectivity index (χ4v) is 4.03. The summed E-state index contributed by atoms with van der Waals surface area (Å²) in [5.74, 6) is -0.00130. The number of nitrogens with zero attached hydrogens (tertiary/aromatic N) is 1. The van der Waals surface area contributed by atoms with Gasteiger partial charge in [-0.25, -0.2) is 13.1 Å². The van der Waals surface area contributed by atoms with Crippen LogP contribution in [0, 0.1) is 0 Å². The smallest absolute Gasteiger partial charge is 0.211 e. The summed E-state index contributed by atoms with van der Waals surface area (Å²) in [6.07, 6.45) is 2.17. The molecule has 0 radical (unpaired) electrons. The van der Waals surface area contributed by atoms with E-state index in [-0.39, 0.29) is 24.8 Å². The lowest BCUT2D eigenvalue weighted by molar-refractivity contribution is 0.194. The number of nitrogens with one attached hydrogen (secondary N) is 1. The van der Waals surface area contributed by atoms with E-state index >= 15 is 0 Å². The lowest BCUT2D eigenvalue weighted by Gasteiger charge is -2.33. The Kier molecular flexibility index (Phi) is 6.17. The van der Waals surface area contributed by atoms with Gasteiger partial charge < -0.3 is 5.11 Å². The molecule has 1 heterocycles. The zero-order valence-electron chi connectivity index (χ0n) is 12.2. The number of piperidine rings is 1. The number of aliphatic hydroxyl groups excluding tert-OH is 1. The number of hydrogen-bond acceptors (Lipinski definition) is 4. The number of likely N-dealkylation sites (tertiary alicyclic amines) is 1. The van der Waals surface area contributed by atoms with Crippen molar-refractivity contribution in [1.29, 1.82) is 0 Å². The number of rotatable bonds is 7. The van der Waals surface area contributed by atoms with E-state index in [2.05, 4.69) is 21.8 Å². The first kappa shape index (κ1) is 16.4. The molecule has 1 unspecified atom stereocenters. The fourth-order valence-electron chi connectivity index (χ4n) is 2.70. The third-order valence-electron chi connectivity index (χ3n) is 3.67. The van der Waals surface area contributed by atoms with Crippen LogP contribution < -0.4 is 4.72 Å². The lowest BCUT2D eigenvalue weighted by atomic mass is 10.1. The Labute approximate surface area is 127 Å². The van der Waals surface area contributed by atoms with E-state index in [4.69, 9.17) is 5.11 Å². The van der Waals surface area contributed by atoms with Crippen LogP contribution in [0.1, 0.15) is 24.8 Å². The van der Waals surface area contributed by atoms with Crippen molar-refractivity contribution in [2.45, 2.75) is 31.8 Å². The minimum atomic E-state index is -3.28. The molecule has 1 aromatic rings. The number of sulfonamides is 1. The van der Waals surface area contributed by atoms with Crippen LogP contribution in [0.3, 0.4) is 0 Å². The highest BCUT2D eigenvalue weighted by Crippen LogP contribution is 2.14. The van der Waals surface area contributed by atoms with Gasteiger partial charge in [0.05, 0.1) is 5.75 Å². The van der Waals surface area contributed by atoms with Gasteiger partial charge in [0, 0.05) is 25.7 Å². The van der Waals surface area contributed by atoms with Gasteiger partial charge in [-0.1, -0.05) is 30.3 Å². The maximum absolute atomic E-state index is 11.9. The van der Waals surface area contributed by atoms with E-state index in [1.807, 2.05) is 18.2 Å². The highest BCUT2D eigenvalue weighted by Gasteiger charge is 2.23. The van der Waals surface area contributed by atoms with Gasteiger partial charge in [0.2, 0.25) is 10.0 Å². The van der Waals surface area contributed by atoms with Gasteiger partial charge >= 0.3 is 0 Å². The molecule has 0 bridgehead atoms. The summed E-state index contributed by atoms with van der Waals surface area (Å²) in [7, 11) is -3.28. The Morgan fingerprint density at radius 2 is 2.05 bits per heavy atom. The molecule has 6 heteroatoms. The van der Waals surface area contributed by atoms with Gasteiger partial charge in [-0.15, -0.1) is 0 Å². The van der Waals surface area contributed by atoms with Crippen molar-refractivity contribution in [3.05, 3.63) is 35.9 Å². The Hall–Kier alpha value is -0.950. The molecule has 1 atom stereocenters. The SMILES string of the molecule is O=S(=O)(CCCO)NC1CCCN(Cc2ccccc2)C1. The Bertz CT molecular complexity index is 519. The van der Waals surface area contributed by atoms with E-state index in [9.17, 15) is 8.42 Å². The summed E-state index contributed by atoms with van der Waals surface area (Å²) in [4.78, 5) is 2.29. The quantitative estimate of drug-likeness (QED) is 0.786. The first-order chi connectivity index (χ1) is 10.1. The topological polar surface area (TPSA) is 69.6 Å².